The summed E-state index contributed by atoms with van der Waals surface area (Å²) in [6, 6.07) is 8.38. The summed E-state index contributed by atoms with van der Waals surface area (Å²) >= 11 is 0. The van der Waals surface area contributed by atoms with Crippen LogP contribution in [0.1, 0.15) is 41.4 Å². The second-order valence-corrected chi connectivity index (χ2v) is 7.62. The molecule has 1 atom stereocenters. The smallest absolute Gasteiger partial charge is 0.258 e. The van der Waals surface area contributed by atoms with Crippen molar-refractivity contribution >= 4 is 23.5 Å². The van der Waals surface area contributed by atoms with E-state index in [1.165, 1.54) is 30.6 Å². The quantitative estimate of drug-likeness (QED) is 0.469. The average molecular weight is 437 g/mol. The zero-order valence-corrected chi connectivity index (χ0v) is 17.9. The number of hydrogen-bond acceptors (Lipinski definition) is 6. The lowest BCUT2D eigenvalue weighted by atomic mass is 10.0. The summed E-state index contributed by atoms with van der Waals surface area (Å²) in [5.74, 6) is -1.28. The minimum absolute atomic E-state index is 0.0559. The maximum atomic E-state index is 13.3. The van der Waals surface area contributed by atoms with Crippen LogP contribution < -0.4 is 16.4 Å². The van der Waals surface area contributed by atoms with E-state index in [0.29, 0.717) is 11.1 Å². The van der Waals surface area contributed by atoms with Gasteiger partial charge in [-0.15, -0.1) is 0 Å². The number of nitrogens with zero attached hydrogens (tertiary/aromatic N) is 2. The van der Waals surface area contributed by atoms with Crippen molar-refractivity contribution in [3.05, 3.63) is 71.3 Å². The molecule has 0 saturated carbocycles. The summed E-state index contributed by atoms with van der Waals surface area (Å²) < 4.78 is 13.3. The minimum atomic E-state index is -1.55. The predicted molar refractivity (Wildman–Crippen MR) is 119 cm³/mol. The largest absolute Gasteiger partial charge is 0.383 e. The SMILES string of the molecule is Cc1cc(NC(=O)C(O)c2cccc(F)c2)ncc1-c1cnc(N)c(C(=O)NC(C)C)c1. The summed E-state index contributed by atoms with van der Waals surface area (Å²) in [5.41, 5.74) is 8.33. The molecule has 0 radical (unpaired) electrons. The van der Waals surface area contributed by atoms with E-state index >= 15 is 0 Å². The Labute approximate surface area is 184 Å². The molecule has 3 rings (SSSR count). The van der Waals surface area contributed by atoms with Gasteiger partial charge < -0.3 is 21.5 Å². The molecule has 2 amide bonds. The van der Waals surface area contributed by atoms with Gasteiger partial charge in [-0.05, 0) is 56.2 Å². The highest BCUT2D eigenvalue weighted by atomic mass is 19.1. The Kier molecular flexibility index (Phi) is 6.79. The lowest BCUT2D eigenvalue weighted by Crippen LogP contribution is -2.30. The number of nitrogens with one attached hydrogen (secondary N) is 2. The van der Waals surface area contributed by atoms with Crippen molar-refractivity contribution in [2.45, 2.75) is 32.9 Å². The van der Waals surface area contributed by atoms with Crippen molar-refractivity contribution in [2.24, 2.45) is 0 Å². The van der Waals surface area contributed by atoms with Crippen LogP contribution in [-0.4, -0.2) is 32.9 Å². The lowest BCUT2D eigenvalue weighted by Gasteiger charge is -2.14. The van der Waals surface area contributed by atoms with Crippen LogP contribution in [0.3, 0.4) is 0 Å². The van der Waals surface area contributed by atoms with E-state index in [-0.39, 0.29) is 34.7 Å². The molecule has 0 aliphatic rings. The highest BCUT2D eigenvalue weighted by molar-refractivity contribution is 5.99. The second-order valence-electron chi connectivity index (χ2n) is 7.62. The Morgan fingerprint density at radius 3 is 2.53 bits per heavy atom. The fourth-order valence-electron chi connectivity index (χ4n) is 3.09. The fourth-order valence-corrected chi connectivity index (χ4v) is 3.09. The van der Waals surface area contributed by atoms with Gasteiger partial charge in [0.1, 0.15) is 17.5 Å². The van der Waals surface area contributed by atoms with Crippen LogP contribution in [0.2, 0.25) is 0 Å². The standard InChI is InChI=1S/C23H24FN5O3/c1-12(2)28-22(31)17-9-15(10-27-21(17)25)18-11-26-19(7-13(18)3)29-23(32)20(30)14-5-4-6-16(24)8-14/h4-12,20,30H,1-3H3,(H2,25,27)(H,28,31)(H,26,29,32). The van der Waals surface area contributed by atoms with Gasteiger partial charge in [0.15, 0.2) is 6.10 Å². The molecule has 3 aromatic rings. The Balaban J connectivity index is 1.81. The number of nitrogens with two attached hydrogens (primary N) is 1. The first-order valence-corrected chi connectivity index (χ1v) is 9.93. The fraction of sp³-hybridized carbons (Fsp3) is 0.217. The maximum Gasteiger partial charge on any atom is 0.258 e. The lowest BCUT2D eigenvalue weighted by molar-refractivity contribution is -0.124. The summed E-state index contributed by atoms with van der Waals surface area (Å²) in [4.78, 5) is 33.1. The first-order valence-electron chi connectivity index (χ1n) is 9.93. The van der Waals surface area contributed by atoms with Gasteiger partial charge in [0.2, 0.25) is 0 Å². The van der Waals surface area contributed by atoms with E-state index in [0.717, 1.165) is 11.6 Å². The molecule has 1 unspecified atom stereocenters. The number of aliphatic hydroxyl groups is 1. The highest BCUT2D eigenvalue weighted by Gasteiger charge is 2.19. The molecule has 0 fully saturated rings. The number of hydrogen-bond donors (Lipinski definition) is 4. The van der Waals surface area contributed by atoms with E-state index in [2.05, 4.69) is 20.6 Å². The van der Waals surface area contributed by atoms with Crippen molar-refractivity contribution in [2.75, 3.05) is 11.1 Å². The van der Waals surface area contributed by atoms with Gasteiger partial charge in [0, 0.05) is 29.6 Å². The third-order valence-corrected chi connectivity index (χ3v) is 4.67. The summed E-state index contributed by atoms with van der Waals surface area (Å²) in [6.07, 6.45) is 1.52. The molecule has 0 aliphatic carbocycles. The molecular formula is C23H24FN5O3. The van der Waals surface area contributed by atoms with Crippen LogP contribution >= 0.6 is 0 Å². The summed E-state index contributed by atoms with van der Waals surface area (Å²) in [7, 11) is 0. The first-order chi connectivity index (χ1) is 15.2. The normalized spacial score (nSPS) is 11.8. The molecule has 8 nitrogen and oxygen atoms in total. The zero-order valence-electron chi connectivity index (χ0n) is 17.9. The molecule has 9 heteroatoms. The Morgan fingerprint density at radius 1 is 1.12 bits per heavy atom. The third-order valence-electron chi connectivity index (χ3n) is 4.67. The number of anilines is 2. The molecule has 0 bridgehead atoms. The second kappa shape index (κ2) is 9.52. The number of aromatic nitrogens is 2. The third kappa shape index (κ3) is 5.25. The van der Waals surface area contributed by atoms with Gasteiger partial charge >= 0.3 is 0 Å². The molecule has 1 aromatic carbocycles. The van der Waals surface area contributed by atoms with Gasteiger partial charge in [-0.25, -0.2) is 14.4 Å². The Hall–Kier alpha value is -3.85. The average Bonchev–Trinajstić information content (AvgIpc) is 2.73. The number of halogens is 1. The van der Waals surface area contributed by atoms with Crippen molar-refractivity contribution in [1.82, 2.24) is 15.3 Å². The van der Waals surface area contributed by atoms with E-state index in [1.54, 1.807) is 19.1 Å². The number of pyridine rings is 2. The molecule has 2 heterocycles. The molecule has 0 saturated heterocycles. The van der Waals surface area contributed by atoms with Gasteiger partial charge in [-0.3, -0.25) is 9.59 Å². The molecule has 5 N–H and O–H groups in total. The predicted octanol–water partition coefficient (Wildman–Crippen LogP) is 2.98. The number of aryl methyl sites for hydroxylation is 1. The maximum absolute atomic E-state index is 13.3. The van der Waals surface area contributed by atoms with E-state index in [9.17, 15) is 19.1 Å². The molecular weight excluding hydrogens is 413 g/mol. The van der Waals surface area contributed by atoms with Gasteiger partial charge in [-0.2, -0.15) is 0 Å². The van der Waals surface area contributed by atoms with Crippen LogP contribution in [0.4, 0.5) is 16.0 Å². The highest BCUT2D eigenvalue weighted by Crippen LogP contribution is 2.26. The molecule has 166 valence electrons. The Morgan fingerprint density at radius 2 is 1.88 bits per heavy atom. The van der Waals surface area contributed by atoms with Gasteiger partial charge in [0.05, 0.1) is 5.56 Å². The van der Waals surface area contributed by atoms with Crippen molar-refractivity contribution < 1.29 is 19.1 Å². The number of aliphatic hydroxyl groups excluding tert-OH is 1. The number of amides is 2. The molecule has 32 heavy (non-hydrogen) atoms. The van der Waals surface area contributed by atoms with Gasteiger partial charge in [-0.1, -0.05) is 12.1 Å². The number of nitrogen functional groups attached to an aromatic ring is 1. The van der Waals surface area contributed by atoms with Crippen LogP contribution in [0.5, 0.6) is 0 Å². The minimum Gasteiger partial charge on any atom is -0.383 e. The van der Waals surface area contributed by atoms with Crippen LogP contribution in [0, 0.1) is 12.7 Å². The summed E-state index contributed by atoms with van der Waals surface area (Å²) in [6.45, 7) is 5.50. The van der Waals surface area contributed by atoms with E-state index in [4.69, 9.17) is 5.73 Å². The van der Waals surface area contributed by atoms with Crippen LogP contribution in [0.25, 0.3) is 11.1 Å². The van der Waals surface area contributed by atoms with E-state index < -0.39 is 17.8 Å². The van der Waals surface area contributed by atoms with Gasteiger partial charge in [0.25, 0.3) is 11.8 Å². The van der Waals surface area contributed by atoms with Crippen molar-refractivity contribution in [3.63, 3.8) is 0 Å². The monoisotopic (exact) mass is 437 g/mol. The molecule has 0 spiro atoms. The summed E-state index contributed by atoms with van der Waals surface area (Å²) in [5, 5.41) is 15.5. The van der Waals surface area contributed by atoms with Crippen molar-refractivity contribution in [3.8, 4) is 11.1 Å². The molecule has 0 aliphatic heterocycles. The number of benzene rings is 1. The first kappa shape index (κ1) is 22.8. The van der Waals surface area contributed by atoms with Crippen LogP contribution in [-0.2, 0) is 4.79 Å². The number of carbonyl (C=O) groups is 2. The van der Waals surface area contributed by atoms with Crippen LogP contribution in [0.15, 0.2) is 48.8 Å². The zero-order chi connectivity index (χ0) is 23.4. The Bertz CT molecular complexity index is 1170. The van der Waals surface area contributed by atoms with E-state index in [1.807, 2.05) is 13.8 Å². The number of rotatable bonds is 6. The number of carbonyl (C=O) groups excluding carboxylic acids is 2. The van der Waals surface area contributed by atoms with Crippen molar-refractivity contribution in [1.29, 1.82) is 0 Å². The topological polar surface area (TPSA) is 130 Å². The molecule has 2 aromatic heterocycles.